The van der Waals surface area contributed by atoms with Crippen LogP contribution in [-0.2, 0) is 4.79 Å². The molecule has 7 nitrogen and oxygen atoms in total. The number of anilines is 2. The summed E-state index contributed by atoms with van der Waals surface area (Å²) in [5.74, 6) is 0.535. The molecule has 0 saturated carbocycles. The van der Waals surface area contributed by atoms with Gasteiger partial charge in [-0.25, -0.2) is 4.98 Å². The van der Waals surface area contributed by atoms with Crippen LogP contribution in [0.25, 0.3) is 11.3 Å². The molecule has 0 fully saturated rings. The van der Waals surface area contributed by atoms with Gasteiger partial charge in [0, 0.05) is 18.7 Å². The molecule has 1 aromatic heterocycles. The second-order valence-electron chi connectivity index (χ2n) is 4.44. The van der Waals surface area contributed by atoms with Gasteiger partial charge in [0.1, 0.15) is 5.75 Å². The summed E-state index contributed by atoms with van der Waals surface area (Å²) in [6.45, 7) is 0.0268. The van der Waals surface area contributed by atoms with Crippen molar-refractivity contribution in [3.63, 3.8) is 0 Å². The number of nitrogen functional groups attached to an aromatic ring is 1. The monoisotopic (exact) mass is 272 g/mol. The number of likely N-dealkylation sites (N-methyl/N-ethyl adjacent to an activating group) is 1. The van der Waals surface area contributed by atoms with Crippen molar-refractivity contribution in [1.82, 2.24) is 9.97 Å². The number of ether oxygens (including phenoxy) is 1. The summed E-state index contributed by atoms with van der Waals surface area (Å²) in [7, 11) is 1.67. The third-order valence-electron chi connectivity index (χ3n) is 3.10. The van der Waals surface area contributed by atoms with Crippen LogP contribution in [-0.4, -0.2) is 29.5 Å². The predicted molar refractivity (Wildman–Crippen MR) is 73.6 cm³/mol. The number of hydrogen-bond acceptors (Lipinski definition) is 5. The van der Waals surface area contributed by atoms with Gasteiger partial charge in [0.25, 0.3) is 11.5 Å². The normalized spacial score (nSPS) is 13.8. The fourth-order valence-corrected chi connectivity index (χ4v) is 2.06. The highest BCUT2D eigenvalue weighted by Crippen LogP contribution is 2.34. The Morgan fingerprint density at radius 1 is 1.35 bits per heavy atom. The average Bonchev–Trinajstić information content (AvgIpc) is 2.42. The maximum atomic E-state index is 11.6. The van der Waals surface area contributed by atoms with Crippen LogP contribution in [0.1, 0.15) is 0 Å². The van der Waals surface area contributed by atoms with Gasteiger partial charge in [-0.3, -0.25) is 14.6 Å². The minimum atomic E-state index is -0.328. The molecular formula is C13H12N4O3. The van der Waals surface area contributed by atoms with Crippen molar-refractivity contribution >= 4 is 17.5 Å². The number of amides is 1. The van der Waals surface area contributed by atoms with E-state index in [1.165, 1.54) is 11.0 Å². The molecule has 0 bridgehead atoms. The minimum Gasteiger partial charge on any atom is -0.482 e. The molecule has 7 heteroatoms. The van der Waals surface area contributed by atoms with Gasteiger partial charge in [0.15, 0.2) is 6.61 Å². The highest BCUT2D eigenvalue weighted by atomic mass is 16.5. The Morgan fingerprint density at radius 3 is 2.90 bits per heavy atom. The Labute approximate surface area is 114 Å². The summed E-state index contributed by atoms with van der Waals surface area (Å²) in [6, 6.07) is 6.60. The summed E-state index contributed by atoms with van der Waals surface area (Å²) < 4.78 is 5.34. The number of benzene rings is 1. The molecule has 0 radical (unpaired) electrons. The Bertz CT molecular complexity index is 754. The Morgan fingerprint density at radius 2 is 2.15 bits per heavy atom. The molecule has 0 saturated heterocycles. The van der Waals surface area contributed by atoms with Crippen molar-refractivity contribution in [1.29, 1.82) is 0 Å². The number of nitrogens with one attached hydrogen (secondary N) is 1. The van der Waals surface area contributed by atoms with Crippen LogP contribution in [0.2, 0.25) is 0 Å². The van der Waals surface area contributed by atoms with Crippen LogP contribution >= 0.6 is 0 Å². The Balaban J connectivity index is 2.12. The van der Waals surface area contributed by atoms with Crippen LogP contribution in [0.3, 0.4) is 0 Å². The zero-order chi connectivity index (χ0) is 14.3. The number of aromatic nitrogens is 2. The quantitative estimate of drug-likeness (QED) is 0.781. The lowest BCUT2D eigenvalue weighted by atomic mass is 10.1. The molecule has 102 valence electrons. The van der Waals surface area contributed by atoms with E-state index in [2.05, 4.69) is 9.97 Å². The van der Waals surface area contributed by atoms with Gasteiger partial charge in [-0.2, -0.15) is 0 Å². The summed E-state index contributed by atoms with van der Waals surface area (Å²) in [5.41, 5.74) is 6.97. The fraction of sp³-hybridized carbons (Fsp3) is 0.154. The molecule has 3 N–H and O–H groups in total. The number of rotatable bonds is 1. The highest BCUT2D eigenvalue weighted by molar-refractivity contribution is 5.98. The predicted octanol–water partition coefficient (Wildman–Crippen LogP) is 0.374. The second kappa shape index (κ2) is 4.37. The van der Waals surface area contributed by atoms with Gasteiger partial charge in [-0.15, -0.1) is 0 Å². The number of fused-ring (bicyclic) bond motifs is 1. The van der Waals surface area contributed by atoms with Crippen molar-refractivity contribution in [2.75, 3.05) is 24.3 Å². The molecule has 2 heterocycles. The molecule has 1 aliphatic heterocycles. The molecule has 1 aliphatic rings. The molecule has 1 amide bonds. The number of H-pyrrole nitrogens is 1. The zero-order valence-corrected chi connectivity index (χ0v) is 10.7. The van der Waals surface area contributed by atoms with Crippen molar-refractivity contribution in [3.8, 4) is 17.0 Å². The summed E-state index contributed by atoms with van der Waals surface area (Å²) in [5, 5.41) is 0. The Kier molecular flexibility index (Phi) is 2.67. The van der Waals surface area contributed by atoms with Gasteiger partial charge in [-0.05, 0) is 18.2 Å². The van der Waals surface area contributed by atoms with E-state index in [9.17, 15) is 9.59 Å². The first kappa shape index (κ1) is 12.2. The second-order valence-corrected chi connectivity index (χ2v) is 4.44. The van der Waals surface area contributed by atoms with Crippen LogP contribution in [0.15, 0.2) is 29.1 Å². The minimum absolute atomic E-state index is 0.0268. The van der Waals surface area contributed by atoms with Crippen LogP contribution < -0.4 is 20.9 Å². The first-order chi connectivity index (χ1) is 9.54. The smallest absolute Gasteiger partial charge is 0.264 e. The molecule has 0 unspecified atom stereocenters. The first-order valence-corrected chi connectivity index (χ1v) is 5.95. The summed E-state index contributed by atoms with van der Waals surface area (Å²) in [4.78, 5) is 31.0. The molecule has 20 heavy (non-hydrogen) atoms. The third kappa shape index (κ3) is 1.99. The maximum absolute atomic E-state index is 11.6. The lowest BCUT2D eigenvalue weighted by molar-refractivity contribution is -0.120. The van der Waals surface area contributed by atoms with Crippen molar-refractivity contribution in [2.45, 2.75) is 0 Å². The van der Waals surface area contributed by atoms with E-state index >= 15 is 0 Å². The van der Waals surface area contributed by atoms with Crippen molar-refractivity contribution in [3.05, 3.63) is 34.6 Å². The zero-order valence-electron chi connectivity index (χ0n) is 10.7. The molecule has 0 spiro atoms. The molecule has 2 aromatic rings. The summed E-state index contributed by atoms with van der Waals surface area (Å²) in [6.07, 6.45) is 0. The van der Waals surface area contributed by atoms with E-state index in [-0.39, 0.29) is 24.0 Å². The number of nitrogens with zero attached hydrogens (tertiary/aromatic N) is 2. The lowest BCUT2D eigenvalue weighted by Crippen LogP contribution is -2.35. The van der Waals surface area contributed by atoms with Crippen LogP contribution in [0.5, 0.6) is 5.75 Å². The van der Waals surface area contributed by atoms with E-state index in [0.717, 1.165) is 0 Å². The van der Waals surface area contributed by atoms with Gasteiger partial charge >= 0.3 is 0 Å². The fourth-order valence-electron chi connectivity index (χ4n) is 2.06. The van der Waals surface area contributed by atoms with E-state index in [1.807, 2.05) is 0 Å². The first-order valence-electron chi connectivity index (χ1n) is 5.95. The maximum Gasteiger partial charge on any atom is 0.264 e. The third-order valence-corrected chi connectivity index (χ3v) is 3.10. The molecule has 1 aromatic carbocycles. The lowest BCUT2D eigenvalue weighted by Gasteiger charge is -2.26. The van der Waals surface area contributed by atoms with E-state index in [4.69, 9.17) is 10.5 Å². The molecule has 0 aliphatic carbocycles. The molecule has 3 rings (SSSR count). The number of nitrogens with two attached hydrogens (primary N) is 1. The number of hydrogen-bond donors (Lipinski definition) is 2. The SMILES string of the molecule is CN1C(=O)COc2ccc(-c3cc(=O)[nH]c(N)n3)cc21. The van der Waals surface area contributed by atoms with E-state index < -0.39 is 0 Å². The van der Waals surface area contributed by atoms with Crippen LogP contribution in [0, 0.1) is 0 Å². The molecule has 0 atom stereocenters. The van der Waals surface area contributed by atoms with Gasteiger partial charge in [-0.1, -0.05) is 0 Å². The number of aromatic amines is 1. The summed E-state index contributed by atoms with van der Waals surface area (Å²) >= 11 is 0. The van der Waals surface area contributed by atoms with Gasteiger partial charge < -0.3 is 15.4 Å². The number of carbonyl (C=O) groups excluding carboxylic acids is 1. The van der Waals surface area contributed by atoms with E-state index in [0.29, 0.717) is 22.7 Å². The molecular weight excluding hydrogens is 260 g/mol. The van der Waals surface area contributed by atoms with Crippen LogP contribution in [0.4, 0.5) is 11.6 Å². The largest absolute Gasteiger partial charge is 0.482 e. The highest BCUT2D eigenvalue weighted by Gasteiger charge is 2.22. The van der Waals surface area contributed by atoms with Gasteiger partial charge in [0.2, 0.25) is 5.95 Å². The number of carbonyl (C=O) groups is 1. The standard InChI is InChI=1S/C13H12N4O3/c1-17-9-4-7(2-3-10(9)20-6-12(17)19)8-5-11(18)16-13(14)15-8/h2-5H,6H2,1H3,(H3,14,15,16,18). The Hall–Kier alpha value is -2.83. The van der Waals surface area contributed by atoms with Crippen molar-refractivity contribution in [2.24, 2.45) is 0 Å². The van der Waals surface area contributed by atoms with E-state index in [1.54, 1.807) is 25.2 Å². The topological polar surface area (TPSA) is 101 Å². The van der Waals surface area contributed by atoms with Crippen molar-refractivity contribution < 1.29 is 9.53 Å². The van der Waals surface area contributed by atoms with Gasteiger partial charge in [0.05, 0.1) is 11.4 Å². The average molecular weight is 272 g/mol.